The molecule has 0 amide bonds. The van der Waals surface area contributed by atoms with Crippen LogP contribution < -0.4 is 16.8 Å². The zero-order chi connectivity index (χ0) is 20.1. The Balaban J connectivity index is 1.77. The summed E-state index contributed by atoms with van der Waals surface area (Å²) < 4.78 is 27.1. The number of allylic oxidation sites excluding steroid dienone is 1. The first-order chi connectivity index (χ1) is 13.4. The van der Waals surface area contributed by atoms with Crippen molar-refractivity contribution in [1.29, 1.82) is 5.26 Å². The van der Waals surface area contributed by atoms with E-state index >= 15 is 0 Å². The van der Waals surface area contributed by atoms with Gasteiger partial charge in [0.25, 0.3) is 10.0 Å². The summed E-state index contributed by atoms with van der Waals surface area (Å²) in [4.78, 5) is 5.48. The van der Waals surface area contributed by atoms with Gasteiger partial charge in [-0.2, -0.15) is 13.7 Å². The second kappa shape index (κ2) is 8.22. The lowest BCUT2D eigenvalue weighted by molar-refractivity contribution is 0.598. The Bertz CT molecular complexity index is 1170. The molecule has 0 bridgehead atoms. The number of nitriles is 1. The lowest BCUT2D eigenvalue weighted by atomic mass is 10.3. The fourth-order valence-electron chi connectivity index (χ4n) is 2.15. The molecule has 0 spiro atoms. The smallest absolute Gasteiger partial charge is 0.285 e. The standard InChI is InChI=1S/C17H14N6O2S3/c18-8-11(16-22-14(10-27-16)15-2-1-7-26-15)9-21-12-3-5-13(6-4-12)28(24,25)23-17(19)20/h1-7,9-10,21H,(H4,19,20,23). The summed E-state index contributed by atoms with van der Waals surface area (Å²) in [5, 5.41) is 16.8. The number of guanidine groups is 1. The van der Waals surface area contributed by atoms with Gasteiger partial charge in [0.05, 0.1) is 15.5 Å². The third kappa shape index (κ3) is 4.55. The highest BCUT2D eigenvalue weighted by atomic mass is 32.2. The van der Waals surface area contributed by atoms with Crippen LogP contribution >= 0.6 is 22.7 Å². The first-order valence-electron chi connectivity index (χ1n) is 7.71. The first-order valence-corrected chi connectivity index (χ1v) is 10.9. The fraction of sp³-hybridized carbons (Fsp3) is 0. The first kappa shape index (κ1) is 19.6. The summed E-state index contributed by atoms with van der Waals surface area (Å²) in [6.45, 7) is 0. The van der Waals surface area contributed by atoms with Gasteiger partial charge in [-0.1, -0.05) is 6.07 Å². The Morgan fingerprint density at radius 3 is 2.57 bits per heavy atom. The van der Waals surface area contributed by atoms with Crippen molar-refractivity contribution >= 4 is 49.9 Å². The monoisotopic (exact) mass is 430 g/mol. The molecule has 8 nitrogen and oxygen atoms in total. The summed E-state index contributed by atoms with van der Waals surface area (Å²) in [5.41, 5.74) is 12.0. The highest BCUT2D eigenvalue weighted by Crippen LogP contribution is 2.29. The zero-order valence-electron chi connectivity index (χ0n) is 14.2. The van der Waals surface area contributed by atoms with Gasteiger partial charge in [0.1, 0.15) is 16.6 Å². The number of benzene rings is 1. The van der Waals surface area contributed by atoms with Crippen LogP contribution in [0.1, 0.15) is 5.01 Å². The van der Waals surface area contributed by atoms with E-state index in [9.17, 15) is 13.7 Å². The van der Waals surface area contributed by atoms with Crippen molar-refractivity contribution in [3.8, 4) is 16.6 Å². The maximum Gasteiger partial charge on any atom is 0.285 e. The average molecular weight is 431 g/mol. The predicted octanol–water partition coefficient (Wildman–Crippen LogP) is 2.81. The van der Waals surface area contributed by atoms with E-state index in [4.69, 9.17) is 11.5 Å². The van der Waals surface area contributed by atoms with E-state index in [1.54, 1.807) is 23.5 Å². The highest BCUT2D eigenvalue weighted by Gasteiger charge is 2.13. The van der Waals surface area contributed by atoms with Crippen LogP contribution in [0, 0.1) is 11.3 Å². The molecule has 0 saturated carbocycles. The van der Waals surface area contributed by atoms with Crippen molar-refractivity contribution in [3.05, 3.63) is 58.4 Å². The number of nitrogens with one attached hydrogen (secondary N) is 1. The Kier molecular flexibility index (Phi) is 5.74. The lowest BCUT2D eigenvalue weighted by Crippen LogP contribution is -2.24. The van der Waals surface area contributed by atoms with Crippen LogP contribution in [0.3, 0.4) is 0 Å². The molecule has 3 rings (SSSR count). The molecule has 2 heterocycles. The number of nitrogens with two attached hydrogens (primary N) is 2. The summed E-state index contributed by atoms with van der Waals surface area (Å²) in [6, 6.07) is 11.8. The van der Waals surface area contributed by atoms with Crippen LogP contribution in [0.4, 0.5) is 5.69 Å². The van der Waals surface area contributed by atoms with Crippen molar-refractivity contribution in [3.63, 3.8) is 0 Å². The molecular formula is C17H14N6O2S3. The maximum atomic E-state index is 11.9. The SMILES string of the molecule is N#CC(=CNc1ccc(S(=O)(=O)N=C(N)N)cc1)c1nc(-c2cccs2)cs1. The molecular weight excluding hydrogens is 416 g/mol. The number of sulfonamides is 1. The minimum Gasteiger partial charge on any atom is -0.369 e. The van der Waals surface area contributed by atoms with Crippen LogP contribution in [0.5, 0.6) is 0 Å². The van der Waals surface area contributed by atoms with Gasteiger partial charge in [-0.05, 0) is 35.7 Å². The molecule has 0 unspecified atom stereocenters. The van der Waals surface area contributed by atoms with Gasteiger partial charge in [0, 0.05) is 17.3 Å². The molecule has 0 radical (unpaired) electrons. The van der Waals surface area contributed by atoms with Gasteiger partial charge in [-0.3, -0.25) is 0 Å². The van der Waals surface area contributed by atoms with Gasteiger partial charge in [-0.25, -0.2) is 4.98 Å². The van der Waals surface area contributed by atoms with Crippen molar-refractivity contribution in [2.45, 2.75) is 4.90 Å². The largest absolute Gasteiger partial charge is 0.369 e. The molecule has 3 aromatic rings. The Labute approximate surface area is 169 Å². The summed E-state index contributed by atoms with van der Waals surface area (Å²) in [5.74, 6) is -0.533. The van der Waals surface area contributed by atoms with Crippen molar-refractivity contribution in [2.75, 3.05) is 5.32 Å². The number of thiazole rings is 1. The molecule has 1 aromatic carbocycles. The molecule has 142 valence electrons. The quantitative estimate of drug-likeness (QED) is 0.309. The summed E-state index contributed by atoms with van der Waals surface area (Å²) in [7, 11) is -3.94. The van der Waals surface area contributed by atoms with Crippen molar-refractivity contribution < 1.29 is 8.42 Å². The molecule has 28 heavy (non-hydrogen) atoms. The van der Waals surface area contributed by atoms with Crippen LogP contribution in [-0.2, 0) is 10.0 Å². The molecule has 5 N–H and O–H groups in total. The van der Waals surface area contributed by atoms with E-state index in [2.05, 4.69) is 20.8 Å². The van der Waals surface area contributed by atoms with E-state index < -0.39 is 16.0 Å². The van der Waals surface area contributed by atoms with E-state index in [1.165, 1.54) is 29.7 Å². The van der Waals surface area contributed by atoms with Crippen LogP contribution in [0.2, 0.25) is 0 Å². The number of aromatic nitrogens is 1. The maximum absolute atomic E-state index is 11.9. The van der Waals surface area contributed by atoms with Gasteiger partial charge >= 0.3 is 0 Å². The molecule has 0 atom stereocenters. The second-order valence-corrected chi connectivity index (χ2v) is 8.75. The van der Waals surface area contributed by atoms with E-state index in [0.717, 1.165) is 10.6 Å². The van der Waals surface area contributed by atoms with Crippen molar-refractivity contribution in [1.82, 2.24) is 4.98 Å². The van der Waals surface area contributed by atoms with E-state index in [1.807, 2.05) is 22.9 Å². The molecule has 0 saturated heterocycles. The number of nitrogens with zero attached hydrogens (tertiary/aromatic N) is 3. The molecule has 0 aliphatic rings. The second-order valence-electron chi connectivity index (χ2n) is 5.34. The Morgan fingerprint density at radius 2 is 1.96 bits per heavy atom. The van der Waals surface area contributed by atoms with E-state index in [0.29, 0.717) is 16.3 Å². The minimum absolute atomic E-state index is 0.0450. The number of thiophene rings is 1. The highest BCUT2D eigenvalue weighted by molar-refractivity contribution is 7.90. The molecule has 0 fully saturated rings. The van der Waals surface area contributed by atoms with Crippen LogP contribution in [-0.4, -0.2) is 19.4 Å². The normalized spacial score (nSPS) is 11.6. The lowest BCUT2D eigenvalue weighted by Gasteiger charge is -2.03. The number of hydrogen-bond acceptors (Lipinski definition) is 7. The Morgan fingerprint density at radius 1 is 1.21 bits per heavy atom. The molecule has 2 aromatic heterocycles. The molecule has 11 heteroatoms. The van der Waals surface area contributed by atoms with Crippen LogP contribution in [0.15, 0.2) is 62.7 Å². The topological polar surface area (TPSA) is 147 Å². The summed E-state index contributed by atoms with van der Waals surface area (Å²) in [6.07, 6.45) is 1.52. The van der Waals surface area contributed by atoms with Gasteiger partial charge < -0.3 is 16.8 Å². The van der Waals surface area contributed by atoms with Crippen LogP contribution in [0.25, 0.3) is 16.1 Å². The Hall–Kier alpha value is -3.20. The van der Waals surface area contributed by atoms with Gasteiger partial charge in [0.15, 0.2) is 0 Å². The number of hydrogen-bond donors (Lipinski definition) is 3. The summed E-state index contributed by atoms with van der Waals surface area (Å²) >= 11 is 2.95. The zero-order valence-corrected chi connectivity index (χ0v) is 16.7. The van der Waals surface area contributed by atoms with Crippen molar-refractivity contribution in [2.24, 2.45) is 15.9 Å². The third-order valence-electron chi connectivity index (χ3n) is 3.39. The number of rotatable bonds is 6. The predicted molar refractivity (Wildman–Crippen MR) is 112 cm³/mol. The molecule has 0 aliphatic carbocycles. The third-order valence-corrected chi connectivity index (χ3v) is 6.48. The molecule has 0 aliphatic heterocycles. The number of anilines is 1. The van der Waals surface area contributed by atoms with Gasteiger partial charge in [-0.15, -0.1) is 27.1 Å². The van der Waals surface area contributed by atoms with Gasteiger partial charge in [0.2, 0.25) is 5.96 Å². The van der Waals surface area contributed by atoms with E-state index in [-0.39, 0.29) is 4.90 Å². The minimum atomic E-state index is -3.94. The average Bonchev–Trinajstić information content (AvgIpc) is 3.33. The fourth-order valence-corrected chi connectivity index (χ4v) is 4.56.